The molecule has 0 bridgehead atoms. The van der Waals surface area contributed by atoms with Gasteiger partial charge in [-0.2, -0.15) is 0 Å². The van der Waals surface area contributed by atoms with Crippen LogP contribution in [-0.2, 0) is 65.6 Å². The van der Waals surface area contributed by atoms with Crippen LogP contribution in [0.1, 0.15) is 102 Å². The number of rotatable bonds is 21. The Balaban J connectivity index is 1.54. The lowest BCUT2D eigenvalue weighted by Crippen LogP contribution is -2.61. The van der Waals surface area contributed by atoms with Crippen LogP contribution in [0.5, 0.6) is 5.75 Å². The molecule has 2 heterocycles. The highest BCUT2D eigenvalue weighted by molar-refractivity contribution is 8.77. The minimum absolute atomic E-state index is 0.00891. The van der Waals surface area contributed by atoms with E-state index in [1.807, 2.05) is 6.92 Å². The van der Waals surface area contributed by atoms with Crippen molar-refractivity contribution in [2.24, 2.45) is 33.7 Å². The molecule has 1 aliphatic carbocycles. The van der Waals surface area contributed by atoms with E-state index in [1.54, 1.807) is 54.6 Å². The zero-order valence-corrected chi connectivity index (χ0v) is 47.0. The molecule has 2 aromatic carbocycles. The molecule has 0 aromatic heterocycles. The Morgan fingerprint density at radius 3 is 1.99 bits per heavy atom. The second-order valence-corrected chi connectivity index (χ2v) is 23.0. The van der Waals surface area contributed by atoms with Crippen molar-refractivity contribution in [3.05, 3.63) is 65.7 Å². The fourth-order valence-electron chi connectivity index (χ4n) is 9.71. The first-order valence-electron chi connectivity index (χ1n) is 27.0. The Morgan fingerprint density at radius 2 is 1.36 bits per heavy atom. The number of hydrogen-bond acceptors (Lipinski definition) is 15. The highest BCUT2D eigenvalue weighted by atomic mass is 33.1. The number of guanidine groups is 1. The molecule has 17 N–H and O–H groups in total. The topological polar surface area (TPSA) is 427 Å². The second-order valence-electron chi connectivity index (χ2n) is 20.2. The molecule has 3 aliphatic rings. The third-order valence-corrected chi connectivity index (χ3v) is 17.1. The summed E-state index contributed by atoms with van der Waals surface area (Å²) in [4.78, 5) is 157. The van der Waals surface area contributed by atoms with Crippen LogP contribution >= 0.6 is 21.6 Å². The summed E-state index contributed by atoms with van der Waals surface area (Å²) in [6, 6.07) is 5.81. The molecule has 2 aromatic rings. The first-order chi connectivity index (χ1) is 38.6. The molecule has 3 fully saturated rings. The van der Waals surface area contributed by atoms with E-state index >= 15 is 0 Å². The zero-order valence-electron chi connectivity index (χ0n) is 45.4. The molecule has 81 heavy (non-hydrogen) atoms. The van der Waals surface area contributed by atoms with E-state index in [4.69, 9.17) is 33.4 Å². The minimum Gasteiger partial charge on any atom is -0.494 e. The molecule has 1 saturated carbocycles. The highest BCUT2D eigenvalue weighted by Crippen LogP contribution is 2.48. The Morgan fingerprint density at radius 1 is 0.741 bits per heavy atom. The number of nitrogens with zero attached hydrogens (tertiary/aromatic N) is 2. The predicted octanol–water partition coefficient (Wildman–Crippen LogP) is -1.95. The number of nitrogens with two attached hydrogens (primary N) is 5. The van der Waals surface area contributed by atoms with Gasteiger partial charge in [0, 0.05) is 49.3 Å². The van der Waals surface area contributed by atoms with Crippen molar-refractivity contribution in [2.45, 2.75) is 150 Å². The van der Waals surface area contributed by atoms with Crippen molar-refractivity contribution in [2.75, 3.05) is 32.0 Å². The average Bonchev–Trinajstić information content (AvgIpc) is 3.95. The van der Waals surface area contributed by atoms with E-state index in [1.165, 1.54) is 26.5 Å². The molecular weight excluding hydrogens is 1090 g/mol. The summed E-state index contributed by atoms with van der Waals surface area (Å²) in [7, 11) is 2.52. The number of carbonyl (C=O) groups is 11. The molecule has 0 radical (unpaired) electrons. The van der Waals surface area contributed by atoms with Gasteiger partial charge in [0.05, 0.1) is 19.6 Å². The van der Waals surface area contributed by atoms with E-state index in [2.05, 4.69) is 42.2 Å². The normalized spacial score (nSPS) is 22.5. The third-order valence-electron chi connectivity index (χ3n) is 13.8. The Kier molecular flexibility index (Phi) is 25.4. The summed E-state index contributed by atoms with van der Waals surface area (Å²) < 4.78 is 4.88. The van der Waals surface area contributed by atoms with Crippen molar-refractivity contribution < 1.29 is 57.5 Å². The lowest BCUT2D eigenvalue weighted by Gasteiger charge is -2.37. The van der Waals surface area contributed by atoms with Crippen LogP contribution in [0.15, 0.2) is 59.6 Å². The summed E-state index contributed by atoms with van der Waals surface area (Å²) in [5.74, 6) is -8.88. The van der Waals surface area contributed by atoms with Crippen molar-refractivity contribution in [3.63, 3.8) is 0 Å². The van der Waals surface area contributed by atoms with Crippen LogP contribution in [0.4, 0.5) is 0 Å². The molecule has 7 atom stereocenters. The van der Waals surface area contributed by atoms with E-state index in [-0.39, 0.29) is 63.3 Å². The van der Waals surface area contributed by atoms with Crippen LogP contribution in [0.2, 0.25) is 0 Å². The fourth-order valence-corrected chi connectivity index (χ4v) is 13.1. The lowest BCUT2D eigenvalue weighted by molar-refractivity contribution is -0.142. The fraction of sp³-hybridized carbons (Fsp3) is 0.547. The quantitative estimate of drug-likeness (QED) is 0.0280. The molecule has 11 amide bonds. The van der Waals surface area contributed by atoms with Gasteiger partial charge in [0.2, 0.25) is 65.0 Å². The van der Waals surface area contributed by atoms with Crippen LogP contribution in [0, 0.1) is 0 Å². The Labute approximate surface area is 477 Å². The van der Waals surface area contributed by atoms with Crippen molar-refractivity contribution in [1.29, 1.82) is 0 Å². The van der Waals surface area contributed by atoms with E-state index in [0.29, 0.717) is 42.7 Å². The van der Waals surface area contributed by atoms with Crippen LogP contribution < -0.4 is 70.6 Å². The number of hydrogen-bond donors (Lipinski definition) is 12. The van der Waals surface area contributed by atoms with Crippen LogP contribution in [0.3, 0.4) is 0 Å². The number of nitrogens with one attached hydrogen (secondary N) is 7. The van der Waals surface area contributed by atoms with Crippen molar-refractivity contribution in [3.8, 4) is 5.75 Å². The maximum atomic E-state index is 15.0. The molecular formula is C53H76N14O12S2. The molecule has 28 heteroatoms. The van der Waals surface area contributed by atoms with Gasteiger partial charge in [-0.1, -0.05) is 83.3 Å². The number of amides is 11. The molecule has 0 unspecified atom stereocenters. The number of aliphatic imine (C=N–C) groups is 1. The first kappa shape index (κ1) is 64.2. The number of likely N-dealkylation sites (tertiary alicyclic amines) is 1. The largest absolute Gasteiger partial charge is 0.494 e. The number of carbonyl (C=O) groups excluding carboxylic acids is 11. The standard InChI is InChI=1S/C53H76N14O12S2/c1-2-79-33-17-15-32(16-18-33)26-36-47(74)64-37(25-31-11-5-3-6-12-31)48(75)62-35(19-20-41(54)68)46(73)65-38(27-42(55)69)49(76)66-39(30-80-81-53(28-44(71)61-36)21-7-4-8-22-53)51(78)67-24-10-14-40(67)50(77)63-34(13-9-23-59-52(57)58)45(72)60-29-43(56)70/h3,5-6,11-12,15-18,34-40H,2,4,7-10,13-14,19-30H2,1H3,(H2,54,68)(H2,55,69)(H2,56,70)(H,60,72)(H,61,71)(H,62,75)(H,63,77)(H,64,74)(H,65,73)(H,66,76)(H4,57,58,59)/t34-,35+,36+,37+,38+,39+,40+/m1/s1. The number of primary amides is 3. The lowest BCUT2D eigenvalue weighted by atomic mass is 9.85. The van der Waals surface area contributed by atoms with E-state index in [0.717, 1.165) is 19.3 Å². The van der Waals surface area contributed by atoms with Gasteiger partial charge in [-0.05, 0) is 75.1 Å². The monoisotopic (exact) mass is 1160 g/mol. The van der Waals surface area contributed by atoms with Gasteiger partial charge in [-0.25, -0.2) is 0 Å². The Bertz CT molecular complexity index is 2590. The summed E-state index contributed by atoms with van der Waals surface area (Å²) in [6.07, 6.45) is 2.42. The van der Waals surface area contributed by atoms with Crippen LogP contribution in [0.25, 0.3) is 0 Å². The maximum absolute atomic E-state index is 15.0. The summed E-state index contributed by atoms with van der Waals surface area (Å²) in [5.41, 5.74) is 28.6. The predicted molar refractivity (Wildman–Crippen MR) is 303 cm³/mol. The first-order valence-corrected chi connectivity index (χ1v) is 29.3. The van der Waals surface area contributed by atoms with Gasteiger partial charge in [-0.3, -0.25) is 57.7 Å². The van der Waals surface area contributed by atoms with Gasteiger partial charge in [0.25, 0.3) is 0 Å². The zero-order chi connectivity index (χ0) is 59.1. The van der Waals surface area contributed by atoms with Gasteiger partial charge in [-0.15, -0.1) is 0 Å². The van der Waals surface area contributed by atoms with Crippen molar-refractivity contribution >= 4 is 92.5 Å². The number of benzene rings is 2. The molecule has 2 saturated heterocycles. The minimum atomic E-state index is -1.77. The molecule has 1 spiro atoms. The number of ether oxygens (including phenoxy) is 1. The summed E-state index contributed by atoms with van der Waals surface area (Å²) in [5, 5.41) is 18.5. The third kappa shape index (κ3) is 21.1. The van der Waals surface area contributed by atoms with Gasteiger partial charge in [0.15, 0.2) is 5.96 Å². The van der Waals surface area contributed by atoms with Gasteiger partial charge < -0.3 is 75.5 Å². The SMILES string of the molecule is CCOc1ccc(C[C@@H]2NC(=O)CC3(CCCCC3)SSC[C@@H](C(=O)N3CCC[C@H]3C(=O)N[C@H](CCCN=C(N)N)C(=O)NCC(N)=O)NC(=O)[C@H](CC(N)=O)NC(=O)[C@H](CCC(N)=O)NC(=O)[C@H](Cc3ccccc3)NC2=O)cc1. The van der Waals surface area contributed by atoms with E-state index < -0.39 is 138 Å². The molecule has 26 nitrogen and oxygen atoms in total. The molecule has 442 valence electrons. The van der Waals surface area contributed by atoms with Crippen molar-refractivity contribution in [1.82, 2.24) is 42.1 Å². The highest BCUT2D eigenvalue weighted by Gasteiger charge is 2.42. The van der Waals surface area contributed by atoms with Gasteiger partial charge >= 0.3 is 0 Å². The molecule has 2 aliphatic heterocycles. The smallest absolute Gasteiger partial charge is 0.246 e. The second kappa shape index (κ2) is 32.0. The maximum Gasteiger partial charge on any atom is 0.246 e. The van der Waals surface area contributed by atoms with Gasteiger partial charge in [0.1, 0.15) is 48.0 Å². The average molecular weight is 1170 g/mol. The van der Waals surface area contributed by atoms with E-state index in [9.17, 15) is 52.7 Å². The Hall–Kier alpha value is -7.62. The summed E-state index contributed by atoms with van der Waals surface area (Å²) >= 11 is 0. The van der Waals surface area contributed by atoms with Crippen LogP contribution in [-0.4, -0.2) is 155 Å². The molecule has 5 rings (SSSR count). The summed E-state index contributed by atoms with van der Waals surface area (Å²) in [6.45, 7) is 1.88.